The summed E-state index contributed by atoms with van der Waals surface area (Å²) in [5, 5.41) is 6.98. The maximum Gasteiger partial charge on any atom is 0.254 e. The van der Waals surface area contributed by atoms with Crippen LogP contribution in [0.1, 0.15) is 11.8 Å². The molecule has 2 heterocycles. The zero-order valence-electron chi connectivity index (χ0n) is 7.45. The highest BCUT2D eigenvalue weighted by atomic mass is 16.5. The Morgan fingerprint density at radius 1 is 1.69 bits per heavy atom. The van der Waals surface area contributed by atoms with Gasteiger partial charge in [0.1, 0.15) is 0 Å². The van der Waals surface area contributed by atoms with Gasteiger partial charge in [0.15, 0.2) is 5.76 Å². The van der Waals surface area contributed by atoms with Crippen LogP contribution in [0.5, 0.6) is 5.88 Å². The van der Waals surface area contributed by atoms with Crippen LogP contribution in [0.15, 0.2) is 10.6 Å². The minimum atomic E-state index is 0.102. The van der Waals surface area contributed by atoms with E-state index in [1.54, 1.807) is 13.2 Å². The fourth-order valence-corrected chi connectivity index (χ4v) is 1.28. The van der Waals surface area contributed by atoms with E-state index in [-0.39, 0.29) is 6.04 Å². The summed E-state index contributed by atoms with van der Waals surface area (Å²) in [5.74, 6) is 1.26. The first kappa shape index (κ1) is 8.52. The Morgan fingerprint density at radius 2 is 2.62 bits per heavy atom. The molecule has 1 unspecified atom stereocenters. The van der Waals surface area contributed by atoms with Gasteiger partial charge in [0.05, 0.1) is 26.4 Å². The second-order valence-corrected chi connectivity index (χ2v) is 2.85. The molecule has 2 rings (SSSR count). The van der Waals surface area contributed by atoms with Crippen LogP contribution in [0, 0.1) is 0 Å². The average molecular weight is 184 g/mol. The van der Waals surface area contributed by atoms with E-state index in [0.29, 0.717) is 12.5 Å². The lowest BCUT2D eigenvalue weighted by molar-refractivity contribution is 0.0676. The summed E-state index contributed by atoms with van der Waals surface area (Å²) in [4.78, 5) is 0. The molecule has 0 aromatic carbocycles. The third-order valence-electron chi connectivity index (χ3n) is 1.98. The van der Waals surface area contributed by atoms with Gasteiger partial charge in [-0.05, 0) is 5.16 Å². The van der Waals surface area contributed by atoms with Crippen LogP contribution in [0.4, 0.5) is 0 Å². The van der Waals surface area contributed by atoms with E-state index in [4.69, 9.17) is 14.0 Å². The first-order chi connectivity index (χ1) is 6.40. The highest BCUT2D eigenvalue weighted by Crippen LogP contribution is 2.19. The number of aromatic nitrogens is 1. The van der Waals surface area contributed by atoms with E-state index in [1.165, 1.54) is 0 Å². The average Bonchev–Trinajstić information content (AvgIpc) is 2.67. The molecule has 1 aliphatic rings. The van der Waals surface area contributed by atoms with Crippen molar-refractivity contribution in [2.24, 2.45) is 0 Å². The van der Waals surface area contributed by atoms with Crippen molar-refractivity contribution in [1.29, 1.82) is 0 Å². The van der Waals surface area contributed by atoms with E-state index in [9.17, 15) is 0 Å². The van der Waals surface area contributed by atoms with Gasteiger partial charge in [-0.2, -0.15) is 0 Å². The fourth-order valence-electron chi connectivity index (χ4n) is 1.28. The van der Waals surface area contributed by atoms with Gasteiger partial charge in [-0.15, -0.1) is 0 Å². The molecule has 72 valence electrons. The number of nitrogens with zero attached hydrogens (tertiary/aromatic N) is 1. The highest BCUT2D eigenvalue weighted by molar-refractivity contribution is 5.14. The Hall–Kier alpha value is -1.07. The van der Waals surface area contributed by atoms with Gasteiger partial charge >= 0.3 is 0 Å². The Bertz CT molecular complexity index is 268. The second-order valence-electron chi connectivity index (χ2n) is 2.85. The van der Waals surface area contributed by atoms with Crippen LogP contribution in [-0.2, 0) is 4.74 Å². The lowest BCUT2D eigenvalue weighted by Crippen LogP contribution is -2.34. The number of rotatable bonds is 2. The summed E-state index contributed by atoms with van der Waals surface area (Å²) in [6, 6.07) is 1.87. The van der Waals surface area contributed by atoms with E-state index < -0.39 is 0 Å². The molecule has 1 saturated heterocycles. The molecule has 1 aromatic rings. The molecule has 13 heavy (non-hydrogen) atoms. The SMILES string of the molecule is COc1cc(C2COCCN2)on1. The maximum atomic E-state index is 5.29. The minimum Gasteiger partial charge on any atom is -0.479 e. The topological polar surface area (TPSA) is 56.5 Å². The predicted octanol–water partition coefficient (Wildman–Crippen LogP) is 0.344. The normalized spacial score (nSPS) is 23.0. The Morgan fingerprint density at radius 3 is 3.23 bits per heavy atom. The monoisotopic (exact) mass is 184 g/mol. The third-order valence-corrected chi connectivity index (χ3v) is 1.98. The number of ether oxygens (including phenoxy) is 2. The van der Waals surface area contributed by atoms with Gasteiger partial charge in [0, 0.05) is 12.6 Å². The number of hydrogen-bond donors (Lipinski definition) is 1. The first-order valence-corrected chi connectivity index (χ1v) is 4.22. The molecular formula is C8H12N2O3. The second kappa shape index (κ2) is 3.76. The van der Waals surface area contributed by atoms with E-state index in [1.807, 2.05) is 0 Å². The smallest absolute Gasteiger partial charge is 0.254 e. The molecule has 0 spiro atoms. The molecule has 1 fully saturated rings. The summed E-state index contributed by atoms with van der Waals surface area (Å²) >= 11 is 0. The first-order valence-electron chi connectivity index (χ1n) is 4.22. The standard InChI is InChI=1S/C8H12N2O3/c1-11-8-4-7(13-10-8)6-5-12-3-2-9-6/h4,6,9H,2-3,5H2,1H3. The van der Waals surface area contributed by atoms with E-state index >= 15 is 0 Å². The van der Waals surface area contributed by atoms with Gasteiger partial charge in [-0.25, -0.2) is 0 Å². The van der Waals surface area contributed by atoms with Crippen molar-refractivity contribution < 1.29 is 14.0 Å². The van der Waals surface area contributed by atoms with Gasteiger partial charge in [0.2, 0.25) is 0 Å². The van der Waals surface area contributed by atoms with Crippen molar-refractivity contribution in [2.75, 3.05) is 26.9 Å². The number of morpholine rings is 1. The molecule has 1 atom stereocenters. The number of methoxy groups -OCH3 is 1. The van der Waals surface area contributed by atoms with Crippen molar-refractivity contribution in [3.63, 3.8) is 0 Å². The molecular weight excluding hydrogens is 172 g/mol. The summed E-state index contributed by atoms with van der Waals surface area (Å²) in [7, 11) is 1.56. The van der Waals surface area contributed by atoms with Crippen molar-refractivity contribution >= 4 is 0 Å². The molecule has 0 amide bonds. The molecule has 1 aliphatic heterocycles. The Labute approximate surface area is 76.0 Å². The quantitative estimate of drug-likeness (QED) is 0.718. The fraction of sp³-hybridized carbons (Fsp3) is 0.625. The van der Waals surface area contributed by atoms with Crippen molar-refractivity contribution in [2.45, 2.75) is 6.04 Å². The molecule has 5 heteroatoms. The van der Waals surface area contributed by atoms with E-state index in [0.717, 1.165) is 18.9 Å². The van der Waals surface area contributed by atoms with Crippen molar-refractivity contribution in [1.82, 2.24) is 10.5 Å². The van der Waals surface area contributed by atoms with Crippen molar-refractivity contribution in [3.8, 4) is 5.88 Å². The molecule has 0 bridgehead atoms. The molecule has 0 aliphatic carbocycles. The Kier molecular flexibility index (Phi) is 2.47. The van der Waals surface area contributed by atoms with Crippen molar-refractivity contribution in [3.05, 3.63) is 11.8 Å². The Balaban J connectivity index is 2.05. The van der Waals surface area contributed by atoms with Crippen LogP contribution >= 0.6 is 0 Å². The van der Waals surface area contributed by atoms with Gasteiger partial charge in [-0.1, -0.05) is 0 Å². The zero-order chi connectivity index (χ0) is 9.10. The van der Waals surface area contributed by atoms with Crippen LogP contribution < -0.4 is 10.1 Å². The number of hydrogen-bond acceptors (Lipinski definition) is 5. The van der Waals surface area contributed by atoms with Gasteiger partial charge in [0.25, 0.3) is 5.88 Å². The minimum absolute atomic E-state index is 0.102. The summed E-state index contributed by atoms with van der Waals surface area (Å²) < 4.78 is 15.3. The third kappa shape index (κ3) is 1.81. The molecule has 1 aromatic heterocycles. The van der Waals surface area contributed by atoms with Crippen LogP contribution in [-0.4, -0.2) is 32.0 Å². The summed E-state index contributed by atoms with van der Waals surface area (Å²) in [5.41, 5.74) is 0. The maximum absolute atomic E-state index is 5.29. The molecule has 1 N–H and O–H groups in total. The van der Waals surface area contributed by atoms with Gasteiger partial charge in [-0.3, -0.25) is 0 Å². The van der Waals surface area contributed by atoms with Crippen LogP contribution in [0.3, 0.4) is 0 Å². The van der Waals surface area contributed by atoms with Crippen LogP contribution in [0.25, 0.3) is 0 Å². The summed E-state index contributed by atoms with van der Waals surface area (Å²) in [6.45, 7) is 2.22. The lowest BCUT2D eigenvalue weighted by atomic mass is 10.2. The summed E-state index contributed by atoms with van der Waals surface area (Å²) in [6.07, 6.45) is 0. The molecule has 5 nitrogen and oxygen atoms in total. The molecule has 0 radical (unpaired) electrons. The lowest BCUT2D eigenvalue weighted by Gasteiger charge is -2.20. The van der Waals surface area contributed by atoms with Gasteiger partial charge < -0.3 is 19.3 Å². The predicted molar refractivity (Wildman–Crippen MR) is 44.6 cm³/mol. The van der Waals surface area contributed by atoms with Crippen LogP contribution in [0.2, 0.25) is 0 Å². The van der Waals surface area contributed by atoms with E-state index in [2.05, 4.69) is 10.5 Å². The highest BCUT2D eigenvalue weighted by Gasteiger charge is 2.19. The number of nitrogens with one attached hydrogen (secondary N) is 1. The zero-order valence-corrected chi connectivity index (χ0v) is 7.45. The molecule has 0 saturated carbocycles. The largest absolute Gasteiger partial charge is 0.479 e.